The molecule has 2 N–H and O–H groups in total. The zero-order valence-electron chi connectivity index (χ0n) is 12.8. The van der Waals surface area contributed by atoms with Crippen molar-refractivity contribution in [2.45, 2.75) is 0 Å². The van der Waals surface area contributed by atoms with Crippen molar-refractivity contribution in [1.82, 2.24) is 20.2 Å². The summed E-state index contributed by atoms with van der Waals surface area (Å²) in [4.78, 5) is 7.63. The molecular weight excluding hydrogens is 296 g/mol. The Morgan fingerprint density at radius 3 is 2.62 bits per heavy atom. The molecule has 0 saturated carbocycles. The van der Waals surface area contributed by atoms with Gasteiger partial charge in [-0.15, -0.1) is 0 Å². The minimum Gasteiger partial charge on any atom is -0.353 e. The topological polar surface area (TPSA) is 57.4 Å². The Hall–Kier alpha value is -3.40. The van der Waals surface area contributed by atoms with Gasteiger partial charge in [-0.05, 0) is 35.9 Å². The summed E-state index contributed by atoms with van der Waals surface area (Å²) in [6.07, 6.45) is 3.66. The van der Waals surface area contributed by atoms with Crippen LogP contribution in [0.4, 0.5) is 0 Å². The number of aromatic nitrogens is 4. The summed E-state index contributed by atoms with van der Waals surface area (Å²) < 4.78 is 0. The van der Waals surface area contributed by atoms with Crippen LogP contribution in [0.15, 0.2) is 73.1 Å². The highest BCUT2D eigenvalue weighted by molar-refractivity contribution is 5.97. The first-order chi connectivity index (χ1) is 11.9. The van der Waals surface area contributed by atoms with Crippen LogP contribution in [0.3, 0.4) is 0 Å². The second kappa shape index (κ2) is 5.06. The molecule has 114 valence electrons. The molecule has 4 nitrogen and oxygen atoms in total. The van der Waals surface area contributed by atoms with Crippen molar-refractivity contribution in [3.63, 3.8) is 0 Å². The largest absolute Gasteiger partial charge is 0.353 e. The summed E-state index contributed by atoms with van der Waals surface area (Å²) in [6, 6.07) is 20.7. The summed E-state index contributed by atoms with van der Waals surface area (Å²) in [6.45, 7) is 0. The van der Waals surface area contributed by atoms with Crippen molar-refractivity contribution >= 4 is 21.8 Å². The van der Waals surface area contributed by atoms with E-state index in [4.69, 9.17) is 0 Å². The second-order valence-corrected chi connectivity index (χ2v) is 5.84. The average molecular weight is 310 g/mol. The summed E-state index contributed by atoms with van der Waals surface area (Å²) in [5.41, 5.74) is 6.33. The normalized spacial score (nSPS) is 11.3. The maximum Gasteiger partial charge on any atom is 0.116 e. The number of para-hydroxylation sites is 1. The lowest BCUT2D eigenvalue weighted by atomic mass is 10.0. The number of aromatic amines is 2. The van der Waals surface area contributed by atoms with Gasteiger partial charge in [0.05, 0.1) is 11.2 Å². The van der Waals surface area contributed by atoms with Crippen LogP contribution in [-0.2, 0) is 0 Å². The Labute approximate surface area is 138 Å². The summed E-state index contributed by atoms with van der Waals surface area (Å²) in [5.74, 6) is 0. The lowest BCUT2D eigenvalue weighted by Crippen LogP contribution is -1.80. The number of nitrogens with zero attached hydrogens (tertiary/aromatic N) is 2. The maximum absolute atomic E-state index is 4.52. The van der Waals surface area contributed by atoms with E-state index in [2.05, 4.69) is 62.6 Å². The fourth-order valence-electron chi connectivity index (χ4n) is 3.14. The van der Waals surface area contributed by atoms with Crippen LogP contribution in [0.25, 0.3) is 44.3 Å². The minimum atomic E-state index is 0.943. The van der Waals surface area contributed by atoms with Crippen LogP contribution in [0.2, 0.25) is 0 Å². The minimum absolute atomic E-state index is 0.943. The molecule has 5 aromatic rings. The number of fused-ring (bicyclic) bond motifs is 2. The number of rotatable bonds is 2. The first-order valence-electron chi connectivity index (χ1n) is 7.85. The van der Waals surface area contributed by atoms with E-state index in [9.17, 15) is 0 Å². The Bertz CT molecular complexity index is 1120. The van der Waals surface area contributed by atoms with Crippen LogP contribution in [0, 0.1) is 0 Å². The molecule has 0 bridgehead atoms. The molecular formula is C20H14N4. The van der Waals surface area contributed by atoms with E-state index < -0.39 is 0 Å². The smallest absolute Gasteiger partial charge is 0.116 e. The van der Waals surface area contributed by atoms with Gasteiger partial charge in [-0.3, -0.25) is 10.1 Å². The standard InChI is InChI=1S/C20H14N4/c1-2-6-17-14(4-1)11-19(22-17)20-16-8-7-13(10-18(16)23-24-20)15-5-3-9-21-12-15/h1-12,22H,(H,23,24). The summed E-state index contributed by atoms with van der Waals surface area (Å²) in [7, 11) is 0. The SMILES string of the molecule is c1cncc(-c2ccc3c(-c4cc5ccccc5[nH]4)n[nH]c3c2)c1. The molecule has 24 heavy (non-hydrogen) atoms. The van der Waals surface area contributed by atoms with Crippen molar-refractivity contribution in [1.29, 1.82) is 0 Å². The van der Waals surface area contributed by atoms with Gasteiger partial charge < -0.3 is 4.98 Å². The highest BCUT2D eigenvalue weighted by Crippen LogP contribution is 2.31. The Morgan fingerprint density at radius 1 is 0.792 bits per heavy atom. The van der Waals surface area contributed by atoms with Gasteiger partial charge in [-0.25, -0.2) is 0 Å². The Balaban J connectivity index is 1.65. The Kier molecular flexibility index (Phi) is 2.76. The lowest BCUT2D eigenvalue weighted by Gasteiger charge is -2.01. The molecule has 2 aromatic carbocycles. The third kappa shape index (κ3) is 2.01. The third-order valence-electron chi connectivity index (χ3n) is 4.34. The first-order valence-corrected chi connectivity index (χ1v) is 7.85. The van der Waals surface area contributed by atoms with Crippen molar-refractivity contribution in [3.05, 3.63) is 73.1 Å². The average Bonchev–Trinajstić information content (AvgIpc) is 3.25. The predicted molar refractivity (Wildman–Crippen MR) is 96.6 cm³/mol. The van der Waals surface area contributed by atoms with Gasteiger partial charge in [0.15, 0.2) is 0 Å². The van der Waals surface area contributed by atoms with E-state index in [0.717, 1.165) is 38.9 Å². The van der Waals surface area contributed by atoms with Crippen molar-refractivity contribution in [3.8, 4) is 22.5 Å². The molecule has 0 aliphatic heterocycles. The molecule has 0 fully saturated rings. The van der Waals surface area contributed by atoms with Gasteiger partial charge in [0.2, 0.25) is 0 Å². The molecule has 5 rings (SSSR count). The van der Waals surface area contributed by atoms with Gasteiger partial charge in [0.1, 0.15) is 5.69 Å². The molecule has 0 spiro atoms. The number of hydrogen-bond donors (Lipinski definition) is 2. The molecule has 0 atom stereocenters. The zero-order chi connectivity index (χ0) is 15.9. The zero-order valence-corrected chi connectivity index (χ0v) is 12.8. The summed E-state index contributed by atoms with van der Waals surface area (Å²) in [5, 5.41) is 9.97. The van der Waals surface area contributed by atoms with E-state index in [1.54, 1.807) is 6.20 Å². The monoisotopic (exact) mass is 310 g/mol. The molecule has 0 aliphatic carbocycles. The highest BCUT2D eigenvalue weighted by Gasteiger charge is 2.11. The van der Waals surface area contributed by atoms with Gasteiger partial charge in [0, 0.05) is 34.2 Å². The van der Waals surface area contributed by atoms with Gasteiger partial charge in [-0.2, -0.15) is 5.10 Å². The van der Waals surface area contributed by atoms with Crippen LogP contribution >= 0.6 is 0 Å². The third-order valence-corrected chi connectivity index (χ3v) is 4.34. The molecule has 4 heteroatoms. The highest BCUT2D eigenvalue weighted by atomic mass is 15.1. The number of pyridine rings is 1. The molecule has 0 saturated heterocycles. The second-order valence-electron chi connectivity index (χ2n) is 5.84. The van der Waals surface area contributed by atoms with Crippen molar-refractivity contribution in [2.24, 2.45) is 0 Å². The number of H-pyrrole nitrogens is 2. The van der Waals surface area contributed by atoms with Crippen LogP contribution in [-0.4, -0.2) is 20.2 Å². The van der Waals surface area contributed by atoms with Gasteiger partial charge >= 0.3 is 0 Å². The summed E-state index contributed by atoms with van der Waals surface area (Å²) >= 11 is 0. The van der Waals surface area contributed by atoms with E-state index in [-0.39, 0.29) is 0 Å². The number of nitrogens with one attached hydrogen (secondary N) is 2. The molecule has 3 aromatic heterocycles. The predicted octanol–water partition coefficient (Wildman–Crippen LogP) is 4.77. The maximum atomic E-state index is 4.52. The van der Waals surface area contributed by atoms with Gasteiger partial charge in [-0.1, -0.05) is 30.3 Å². The first kappa shape index (κ1) is 13.1. The van der Waals surface area contributed by atoms with Gasteiger partial charge in [0.25, 0.3) is 0 Å². The lowest BCUT2D eigenvalue weighted by molar-refractivity contribution is 1.12. The van der Waals surface area contributed by atoms with E-state index in [1.807, 2.05) is 24.4 Å². The van der Waals surface area contributed by atoms with Crippen LogP contribution in [0.1, 0.15) is 0 Å². The van der Waals surface area contributed by atoms with E-state index >= 15 is 0 Å². The number of hydrogen-bond acceptors (Lipinski definition) is 2. The molecule has 3 heterocycles. The fraction of sp³-hybridized carbons (Fsp3) is 0. The fourth-order valence-corrected chi connectivity index (χ4v) is 3.14. The van der Waals surface area contributed by atoms with Crippen molar-refractivity contribution < 1.29 is 0 Å². The van der Waals surface area contributed by atoms with E-state index in [0.29, 0.717) is 0 Å². The molecule has 0 amide bonds. The van der Waals surface area contributed by atoms with Crippen LogP contribution in [0.5, 0.6) is 0 Å². The van der Waals surface area contributed by atoms with E-state index in [1.165, 1.54) is 5.39 Å². The molecule has 0 unspecified atom stereocenters. The number of benzene rings is 2. The quantitative estimate of drug-likeness (QED) is 0.493. The molecule has 0 aliphatic rings. The Morgan fingerprint density at radius 2 is 1.75 bits per heavy atom. The van der Waals surface area contributed by atoms with Crippen LogP contribution < -0.4 is 0 Å². The molecule has 0 radical (unpaired) electrons. The van der Waals surface area contributed by atoms with Crippen molar-refractivity contribution in [2.75, 3.05) is 0 Å².